The first kappa shape index (κ1) is 9.08. The van der Waals surface area contributed by atoms with Crippen LogP contribution in [0.2, 0.25) is 0 Å². The van der Waals surface area contributed by atoms with Gasteiger partial charge in [-0.25, -0.2) is 8.78 Å². The maximum atomic E-state index is 12.3. The van der Waals surface area contributed by atoms with Crippen molar-refractivity contribution in [2.24, 2.45) is 0 Å². The van der Waals surface area contributed by atoms with Gasteiger partial charge in [0.15, 0.2) is 0 Å². The Balaban J connectivity index is 3.81. The van der Waals surface area contributed by atoms with Gasteiger partial charge in [-0.15, -0.1) is 0 Å². The fourth-order valence-electron chi connectivity index (χ4n) is 0.414. The summed E-state index contributed by atoms with van der Waals surface area (Å²) in [4.78, 5) is 0. The summed E-state index contributed by atoms with van der Waals surface area (Å²) in [6, 6.07) is 0. The summed E-state index contributed by atoms with van der Waals surface area (Å²) < 4.78 is 23.6. The van der Waals surface area contributed by atoms with E-state index in [1.807, 2.05) is 6.92 Å². The molecule has 0 saturated carbocycles. The molecule has 0 aromatic rings. The Labute approximate surface area is 59.6 Å². The molecule has 0 radical (unpaired) electrons. The smallest absolute Gasteiger partial charge is 0.122 e. The summed E-state index contributed by atoms with van der Waals surface area (Å²) in [5.74, 6) is -0.434. The number of allylic oxidation sites excluding steroid dienone is 5. The van der Waals surface area contributed by atoms with Crippen LogP contribution >= 0.6 is 0 Å². The quantitative estimate of drug-likeness (QED) is 0.533. The summed E-state index contributed by atoms with van der Waals surface area (Å²) in [6.45, 7) is 1.90. The number of hydrogen-bond donors (Lipinski definition) is 0. The molecule has 0 amide bonds. The first-order valence-electron chi connectivity index (χ1n) is 3.10. The summed E-state index contributed by atoms with van der Waals surface area (Å²) >= 11 is 0. The highest BCUT2D eigenvalue weighted by atomic mass is 19.1. The minimum absolute atomic E-state index is 0.291. The molecule has 0 fully saturated rings. The molecule has 0 heterocycles. The predicted octanol–water partition coefficient (Wildman–Crippen LogP) is 3.29. The highest BCUT2D eigenvalue weighted by molar-refractivity contribution is 5.16. The Hall–Kier alpha value is -0.920. The molecule has 0 aromatic carbocycles. The molecule has 56 valence electrons. The lowest BCUT2D eigenvalue weighted by molar-refractivity contribution is 0.664. The van der Waals surface area contributed by atoms with Gasteiger partial charge in [0, 0.05) is 0 Å². The van der Waals surface area contributed by atoms with Crippen LogP contribution in [0.1, 0.15) is 13.3 Å². The van der Waals surface area contributed by atoms with Gasteiger partial charge in [-0.2, -0.15) is 0 Å². The van der Waals surface area contributed by atoms with E-state index in [2.05, 4.69) is 0 Å². The Bertz CT molecular complexity index is 155. The van der Waals surface area contributed by atoms with Crippen molar-refractivity contribution in [1.29, 1.82) is 0 Å². The van der Waals surface area contributed by atoms with Gasteiger partial charge in [0.2, 0.25) is 0 Å². The van der Waals surface area contributed by atoms with Crippen molar-refractivity contribution in [3.05, 3.63) is 36.5 Å². The molecule has 0 bridgehead atoms. The SMILES string of the molecule is CC\C=C/C(F)=C\C=C\F. The van der Waals surface area contributed by atoms with Crippen molar-refractivity contribution in [2.75, 3.05) is 0 Å². The molecule has 0 rings (SSSR count). The Morgan fingerprint density at radius 2 is 2.20 bits per heavy atom. The molecule has 0 unspecified atom stereocenters. The fourth-order valence-corrected chi connectivity index (χ4v) is 0.414. The van der Waals surface area contributed by atoms with Gasteiger partial charge in [0.1, 0.15) is 5.83 Å². The molecule has 0 aliphatic carbocycles. The van der Waals surface area contributed by atoms with E-state index in [1.54, 1.807) is 6.08 Å². The second kappa shape index (κ2) is 6.20. The fraction of sp³-hybridized carbons (Fsp3) is 0.250. The third-order valence-corrected chi connectivity index (χ3v) is 0.841. The predicted molar refractivity (Wildman–Crippen MR) is 38.9 cm³/mol. The Kier molecular flexibility index (Phi) is 5.63. The van der Waals surface area contributed by atoms with Crippen molar-refractivity contribution in [3.8, 4) is 0 Å². The van der Waals surface area contributed by atoms with Crippen LogP contribution in [0, 0.1) is 0 Å². The topological polar surface area (TPSA) is 0 Å². The van der Waals surface area contributed by atoms with Gasteiger partial charge in [-0.3, -0.25) is 0 Å². The zero-order valence-electron chi connectivity index (χ0n) is 5.85. The highest BCUT2D eigenvalue weighted by Gasteiger charge is 1.80. The average Bonchev–Trinajstić information content (AvgIpc) is 1.97. The molecular formula is C8H10F2. The molecular weight excluding hydrogens is 134 g/mol. The molecule has 0 aliphatic rings. The third kappa shape index (κ3) is 5.22. The first-order chi connectivity index (χ1) is 4.81. The largest absolute Gasteiger partial charge is 0.216 e. The highest BCUT2D eigenvalue weighted by Crippen LogP contribution is 1.99. The second-order valence-electron chi connectivity index (χ2n) is 1.68. The maximum Gasteiger partial charge on any atom is 0.122 e. The Morgan fingerprint density at radius 1 is 1.50 bits per heavy atom. The van der Waals surface area contributed by atoms with Crippen molar-refractivity contribution in [3.63, 3.8) is 0 Å². The Morgan fingerprint density at radius 3 is 2.70 bits per heavy atom. The minimum Gasteiger partial charge on any atom is -0.216 e. The molecule has 0 aromatic heterocycles. The van der Waals surface area contributed by atoms with E-state index in [9.17, 15) is 8.78 Å². The first-order valence-corrected chi connectivity index (χ1v) is 3.10. The van der Waals surface area contributed by atoms with Crippen LogP contribution in [0.15, 0.2) is 36.5 Å². The van der Waals surface area contributed by atoms with Crippen molar-refractivity contribution in [2.45, 2.75) is 13.3 Å². The lowest BCUT2D eigenvalue weighted by Gasteiger charge is -1.80. The molecule has 0 aliphatic heterocycles. The van der Waals surface area contributed by atoms with Crippen LogP contribution in [0.3, 0.4) is 0 Å². The number of rotatable bonds is 3. The van der Waals surface area contributed by atoms with Crippen LogP contribution in [0.5, 0.6) is 0 Å². The monoisotopic (exact) mass is 144 g/mol. The minimum atomic E-state index is -0.434. The van der Waals surface area contributed by atoms with Crippen molar-refractivity contribution >= 4 is 0 Å². The van der Waals surface area contributed by atoms with Crippen LogP contribution in [0.25, 0.3) is 0 Å². The molecule has 10 heavy (non-hydrogen) atoms. The number of halogens is 2. The molecule has 0 saturated heterocycles. The summed E-state index contributed by atoms with van der Waals surface area (Å²) in [7, 11) is 0. The van der Waals surface area contributed by atoms with Crippen LogP contribution < -0.4 is 0 Å². The van der Waals surface area contributed by atoms with Crippen LogP contribution in [0.4, 0.5) is 8.78 Å². The van der Waals surface area contributed by atoms with Gasteiger partial charge < -0.3 is 0 Å². The van der Waals surface area contributed by atoms with Gasteiger partial charge in [-0.05, 0) is 24.6 Å². The lowest BCUT2D eigenvalue weighted by atomic mass is 10.3. The average molecular weight is 144 g/mol. The molecule has 0 N–H and O–H groups in total. The van der Waals surface area contributed by atoms with E-state index in [-0.39, 0.29) is 0 Å². The van der Waals surface area contributed by atoms with E-state index in [1.165, 1.54) is 6.08 Å². The number of hydrogen-bond acceptors (Lipinski definition) is 0. The summed E-state index contributed by atoms with van der Waals surface area (Å²) in [5.41, 5.74) is 0. The van der Waals surface area contributed by atoms with Crippen molar-refractivity contribution in [1.82, 2.24) is 0 Å². The third-order valence-electron chi connectivity index (χ3n) is 0.841. The van der Waals surface area contributed by atoms with E-state index in [4.69, 9.17) is 0 Å². The van der Waals surface area contributed by atoms with Gasteiger partial charge in [0.05, 0.1) is 6.33 Å². The molecule has 2 heteroatoms. The standard InChI is InChI=1S/C8H10F2/c1-2-3-5-8(10)6-4-7-9/h3-7H,2H2,1H3/b5-3-,7-4+,8-6+. The molecule has 0 nitrogen and oxygen atoms in total. The van der Waals surface area contributed by atoms with Gasteiger partial charge in [-0.1, -0.05) is 13.0 Å². The van der Waals surface area contributed by atoms with Crippen LogP contribution in [-0.2, 0) is 0 Å². The molecule has 0 atom stereocenters. The van der Waals surface area contributed by atoms with E-state index in [0.29, 0.717) is 6.33 Å². The van der Waals surface area contributed by atoms with Gasteiger partial charge in [0.25, 0.3) is 0 Å². The lowest BCUT2D eigenvalue weighted by Crippen LogP contribution is -1.62. The summed E-state index contributed by atoms with van der Waals surface area (Å²) in [6.07, 6.45) is 6.11. The zero-order valence-corrected chi connectivity index (χ0v) is 5.85. The molecule has 0 spiro atoms. The second-order valence-corrected chi connectivity index (χ2v) is 1.68. The van der Waals surface area contributed by atoms with E-state index >= 15 is 0 Å². The van der Waals surface area contributed by atoms with Crippen molar-refractivity contribution < 1.29 is 8.78 Å². The van der Waals surface area contributed by atoms with Crippen LogP contribution in [-0.4, -0.2) is 0 Å². The zero-order chi connectivity index (χ0) is 7.82. The summed E-state index contributed by atoms with van der Waals surface area (Å²) in [5, 5.41) is 0. The normalized spacial score (nSPS) is 13.7. The van der Waals surface area contributed by atoms with E-state index in [0.717, 1.165) is 18.6 Å². The van der Waals surface area contributed by atoms with E-state index < -0.39 is 5.83 Å². The van der Waals surface area contributed by atoms with Gasteiger partial charge >= 0.3 is 0 Å². The maximum absolute atomic E-state index is 12.3.